The van der Waals surface area contributed by atoms with E-state index in [1.807, 2.05) is 11.8 Å². The van der Waals surface area contributed by atoms with Crippen molar-refractivity contribution >= 4 is 18.3 Å². The van der Waals surface area contributed by atoms with E-state index in [2.05, 4.69) is 4.74 Å². The number of nitrogens with zero attached hydrogens (tertiary/aromatic N) is 1. The van der Waals surface area contributed by atoms with Crippen molar-refractivity contribution in [2.24, 2.45) is 11.7 Å². The van der Waals surface area contributed by atoms with E-state index in [4.69, 9.17) is 5.73 Å². The van der Waals surface area contributed by atoms with Crippen molar-refractivity contribution in [2.75, 3.05) is 13.1 Å². The van der Waals surface area contributed by atoms with Crippen molar-refractivity contribution in [3.05, 3.63) is 29.8 Å². The second-order valence-corrected chi connectivity index (χ2v) is 6.12. The lowest BCUT2D eigenvalue weighted by Crippen LogP contribution is -2.45. The number of hydrogen-bond donors (Lipinski definition) is 1. The van der Waals surface area contributed by atoms with Gasteiger partial charge in [0.2, 0.25) is 5.91 Å². The van der Waals surface area contributed by atoms with E-state index in [0.29, 0.717) is 18.8 Å². The smallest absolute Gasteiger partial charge is 0.387 e. The standard InChI is InChI=1S/C17H24F2N2O2.ClH/c1-12(20)14-3-2-10-21(11-14)16(22)9-6-13-4-7-15(8-5-13)23-17(18)19;/h4-5,7-8,12,14,17H,2-3,6,9-11,20H2,1H3;1H. The number of aryl methyl sites for hydroxylation is 1. The molecule has 2 unspecified atom stereocenters. The molecular weight excluding hydrogens is 338 g/mol. The van der Waals surface area contributed by atoms with Crippen molar-refractivity contribution in [1.82, 2.24) is 4.90 Å². The number of nitrogens with two attached hydrogens (primary N) is 1. The van der Waals surface area contributed by atoms with Crippen molar-refractivity contribution in [3.8, 4) is 5.75 Å². The molecule has 0 radical (unpaired) electrons. The maximum Gasteiger partial charge on any atom is 0.387 e. The van der Waals surface area contributed by atoms with E-state index < -0.39 is 6.61 Å². The van der Waals surface area contributed by atoms with Gasteiger partial charge in [0.15, 0.2) is 0 Å². The number of carbonyl (C=O) groups excluding carboxylic acids is 1. The van der Waals surface area contributed by atoms with Gasteiger partial charge in [-0.3, -0.25) is 4.79 Å². The van der Waals surface area contributed by atoms with E-state index in [1.54, 1.807) is 12.1 Å². The molecule has 1 aliphatic heterocycles. The number of alkyl halides is 2. The fourth-order valence-corrected chi connectivity index (χ4v) is 2.91. The summed E-state index contributed by atoms with van der Waals surface area (Å²) in [6.07, 6.45) is 3.08. The SMILES string of the molecule is CC(N)C1CCCN(C(=O)CCc2ccc(OC(F)F)cc2)C1.Cl. The molecule has 2 rings (SSSR count). The lowest BCUT2D eigenvalue weighted by molar-refractivity contribution is -0.133. The molecule has 1 saturated heterocycles. The molecule has 0 bridgehead atoms. The molecule has 4 nitrogen and oxygen atoms in total. The van der Waals surface area contributed by atoms with Gasteiger partial charge in [0.05, 0.1) is 0 Å². The third-order valence-corrected chi connectivity index (χ3v) is 4.33. The Hall–Kier alpha value is -1.40. The Kier molecular flexibility index (Phi) is 8.42. The van der Waals surface area contributed by atoms with Crippen LogP contribution in [0.2, 0.25) is 0 Å². The minimum absolute atomic E-state index is 0. The Balaban J connectivity index is 0.00000288. The van der Waals surface area contributed by atoms with Gasteiger partial charge in [-0.15, -0.1) is 12.4 Å². The van der Waals surface area contributed by atoms with Crippen molar-refractivity contribution in [3.63, 3.8) is 0 Å². The summed E-state index contributed by atoms with van der Waals surface area (Å²) < 4.78 is 28.5. The third-order valence-electron chi connectivity index (χ3n) is 4.33. The van der Waals surface area contributed by atoms with Crippen LogP contribution in [0.25, 0.3) is 0 Å². The first-order valence-corrected chi connectivity index (χ1v) is 8.03. The van der Waals surface area contributed by atoms with Gasteiger partial charge < -0.3 is 15.4 Å². The van der Waals surface area contributed by atoms with Crippen LogP contribution in [0.5, 0.6) is 5.75 Å². The number of carbonyl (C=O) groups is 1. The van der Waals surface area contributed by atoms with Crippen LogP contribution in [-0.2, 0) is 11.2 Å². The number of likely N-dealkylation sites (tertiary alicyclic amines) is 1. The van der Waals surface area contributed by atoms with Gasteiger partial charge in [-0.05, 0) is 49.8 Å². The molecule has 0 aromatic heterocycles. The molecular formula is C17H25ClF2N2O2. The normalized spacial score (nSPS) is 18.9. The first-order valence-electron chi connectivity index (χ1n) is 8.03. The number of amides is 1. The highest BCUT2D eigenvalue weighted by atomic mass is 35.5. The van der Waals surface area contributed by atoms with Crippen molar-refractivity contribution < 1.29 is 18.3 Å². The minimum atomic E-state index is -2.82. The Morgan fingerprint density at radius 2 is 2.04 bits per heavy atom. The summed E-state index contributed by atoms with van der Waals surface area (Å²) in [7, 11) is 0. The van der Waals surface area contributed by atoms with Crippen LogP contribution in [-0.4, -0.2) is 36.5 Å². The van der Waals surface area contributed by atoms with E-state index >= 15 is 0 Å². The van der Waals surface area contributed by atoms with Gasteiger partial charge in [0.1, 0.15) is 5.75 Å². The van der Waals surface area contributed by atoms with E-state index in [9.17, 15) is 13.6 Å². The minimum Gasteiger partial charge on any atom is -0.435 e. The van der Waals surface area contributed by atoms with Crippen LogP contribution < -0.4 is 10.5 Å². The summed E-state index contributed by atoms with van der Waals surface area (Å²) in [5, 5.41) is 0. The van der Waals surface area contributed by atoms with Crippen LogP contribution in [0.1, 0.15) is 31.7 Å². The van der Waals surface area contributed by atoms with Crippen LogP contribution >= 0.6 is 12.4 Å². The lowest BCUT2D eigenvalue weighted by atomic mass is 9.92. The Morgan fingerprint density at radius 3 is 2.62 bits per heavy atom. The molecule has 0 saturated carbocycles. The Bertz CT molecular complexity index is 512. The van der Waals surface area contributed by atoms with Gasteiger partial charge in [0, 0.05) is 25.6 Å². The van der Waals surface area contributed by atoms with Crippen molar-refractivity contribution in [1.29, 1.82) is 0 Å². The number of rotatable bonds is 6. The van der Waals surface area contributed by atoms with E-state index in [0.717, 1.165) is 31.5 Å². The molecule has 1 aromatic rings. The average Bonchev–Trinajstić information content (AvgIpc) is 2.53. The van der Waals surface area contributed by atoms with Gasteiger partial charge in [-0.25, -0.2) is 0 Å². The topological polar surface area (TPSA) is 55.6 Å². The summed E-state index contributed by atoms with van der Waals surface area (Å²) in [6.45, 7) is 0.696. The quantitative estimate of drug-likeness (QED) is 0.845. The molecule has 1 aliphatic rings. The number of piperidine rings is 1. The van der Waals surface area contributed by atoms with Gasteiger partial charge in [-0.2, -0.15) is 8.78 Å². The zero-order valence-corrected chi connectivity index (χ0v) is 14.6. The maximum atomic E-state index is 12.3. The zero-order valence-electron chi connectivity index (χ0n) is 13.8. The Labute approximate surface area is 147 Å². The molecule has 1 fully saturated rings. The highest BCUT2D eigenvalue weighted by Crippen LogP contribution is 2.20. The van der Waals surface area contributed by atoms with Gasteiger partial charge >= 0.3 is 6.61 Å². The summed E-state index contributed by atoms with van der Waals surface area (Å²) in [5.41, 5.74) is 6.87. The highest BCUT2D eigenvalue weighted by molar-refractivity contribution is 5.85. The predicted octanol–water partition coefficient (Wildman–Crippen LogP) is 3.23. The number of hydrogen-bond acceptors (Lipinski definition) is 3. The average molecular weight is 363 g/mol. The monoisotopic (exact) mass is 362 g/mol. The number of halogens is 3. The molecule has 7 heteroatoms. The third kappa shape index (κ3) is 6.24. The molecule has 24 heavy (non-hydrogen) atoms. The van der Waals surface area contributed by atoms with E-state index in [-0.39, 0.29) is 30.1 Å². The molecule has 136 valence electrons. The fraction of sp³-hybridized carbons (Fsp3) is 0.588. The first-order chi connectivity index (χ1) is 11.0. The second-order valence-electron chi connectivity index (χ2n) is 6.12. The fourth-order valence-electron chi connectivity index (χ4n) is 2.91. The van der Waals surface area contributed by atoms with Crippen LogP contribution in [0, 0.1) is 5.92 Å². The predicted molar refractivity (Wildman–Crippen MR) is 91.6 cm³/mol. The second kappa shape index (κ2) is 9.79. The molecule has 1 amide bonds. The molecule has 0 aliphatic carbocycles. The number of ether oxygens (including phenoxy) is 1. The van der Waals surface area contributed by atoms with Gasteiger partial charge in [-0.1, -0.05) is 12.1 Å². The molecule has 2 atom stereocenters. The van der Waals surface area contributed by atoms with Crippen LogP contribution in [0.3, 0.4) is 0 Å². The van der Waals surface area contributed by atoms with Crippen LogP contribution in [0.15, 0.2) is 24.3 Å². The molecule has 0 spiro atoms. The van der Waals surface area contributed by atoms with Crippen LogP contribution in [0.4, 0.5) is 8.78 Å². The molecule has 2 N–H and O–H groups in total. The maximum absolute atomic E-state index is 12.3. The van der Waals surface area contributed by atoms with E-state index in [1.165, 1.54) is 12.1 Å². The Morgan fingerprint density at radius 1 is 1.38 bits per heavy atom. The number of benzene rings is 1. The summed E-state index contributed by atoms with van der Waals surface area (Å²) in [6, 6.07) is 6.53. The first kappa shape index (κ1) is 20.6. The summed E-state index contributed by atoms with van der Waals surface area (Å²) in [5.74, 6) is 0.632. The molecule has 1 aromatic carbocycles. The van der Waals surface area contributed by atoms with Crippen molar-refractivity contribution in [2.45, 2.75) is 45.3 Å². The molecule has 1 heterocycles. The zero-order chi connectivity index (χ0) is 16.8. The largest absolute Gasteiger partial charge is 0.435 e. The van der Waals surface area contributed by atoms with Gasteiger partial charge in [0.25, 0.3) is 0 Å². The highest BCUT2D eigenvalue weighted by Gasteiger charge is 2.25. The lowest BCUT2D eigenvalue weighted by Gasteiger charge is -2.34. The summed E-state index contributed by atoms with van der Waals surface area (Å²) >= 11 is 0. The summed E-state index contributed by atoms with van der Waals surface area (Å²) in [4.78, 5) is 14.2.